The summed E-state index contributed by atoms with van der Waals surface area (Å²) < 4.78 is 7.82. The third-order valence-corrected chi connectivity index (χ3v) is 5.39. The van der Waals surface area contributed by atoms with Crippen molar-refractivity contribution in [3.05, 3.63) is 66.5 Å². The first-order chi connectivity index (χ1) is 14.9. The molecule has 0 N–H and O–H groups in total. The second-order valence-electron chi connectivity index (χ2n) is 8.23. The number of fused-ring (bicyclic) bond motifs is 3. The van der Waals surface area contributed by atoms with Crippen LogP contribution in [0.1, 0.15) is 51.8 Å². The molecule has 6 heteroatoms. The Morgan fingerprint density at radius 1 is 1.23 bits per heavy atom. The zero-order chi connectivity index (χ0) is 22.6. The Hall–Kier alpha value is -2.99. The fourth-order valence-corrected chi connectivity index (χ4v) is 4.07. The molecule has 0 aliphatic carbocycles. The molecular formula is C25H32N4O2. The first-order valence-electron chi connectivity index (χ1n) is 10.8. The molecule has 2 heterocycles. The Bertz CT molecular complexity index is 1020. The molecule has 0 saturated carbocycles. The number of carbonyl (C=O) groups excluding carboxylic acids is 1. The average Bonchev–Trinajstić information content (AvgIpc) is 3.11. The molecule has 0 unspecified atom stereocenters. The van der Waals surface area contributed by atoms with Crippen molar-refractivity contribution >= 4 is 11.5 Å². The van der Waals surface area contributed by atoms with Crippen molar-refractivity contribution in [1.82, 2.24) is 19.9 Å². The molecule has 0 fully saturated rings. The van der Waals surface area contributed by atoms with Crippen LogP contribution in [0.5, 0.6) is 0 Å². The van der Waals surface area contributed by atoms with E-state index in [0.29, 0.717) is 37.5 Å². The van der Waals surface area contributed by atoms with Gasteiger partial charge in [0.15, 0.2) is 0 Å². The van der Waals surface area contributed by atoms with Gasteiger partial charge in [-0.2, -0.15) is 0 Å². The van der Waals surface area contributed by atoms with E-state index in [4.69, 9.17) is 4.74 Å². The van der Waals surface area contributed by atoms with Crippen LogP contribution in [0.2, 0.25) is 0 Å². The van der Waals surface area contributed by atoms with Crippen molar-refractivity contribution in [3.63, 3.8) is 0 Å². The van der Waals surface area contributed by atoms with Gasteiger partial charge in [-0.1, -0.05) is 55.6 Å². The Kier molecular flexibility index (Phi) is 6.91. The van der Waals surface area contributed by atoms with E-state index in [0.717, 1.165) is 28.8 Å². The monoisotopic (exact) mass is 420 g/mol. The number of ether oxygens (including phenoxy) is 1. The van der Waals surface area contributed by atoms with Crippen LogP contribution in [0.15, 0.2) is 55.3 Å². The van der Waals surface area contributed by atoms with Crippen molar-refractivity contribution in [2.24, 2.45) is 0 Å². The molecule has 164 valence electrons. The number of hydrogen-bond donors (Lipinski definition) is 0. The predicted octanol–water partition coefficient (Wildman–Crippen LogP) is 4.99. The van der Waals surface area contributed by atoms with Crippen LogP contribution < -0.4 is 0 Å². The molecule has 1 aromatic carbocycles. The summed E-state index contributed by atoms with van der Waals surface area (Å²) in [6.07, 6.45) is 4.69. The molecule has 2 aromatic rings. The molecule has 1 aliphatic rings. The van der Waals surface area contributed by atoms with Crippen LogP contribution in [0.25, 0.3) is 16.8 Å². The maximum atomic E-state index is 13.0. The molecule has 6 nitrogen and oxygen atoms in total. The predicted molar refractivity (Wildman–Crippen MR) is 124 cm³/mol. The third kappa shape index (κ3) is 4.54. The van der Waals surface area contributed by atoms with Gasteiger partial charge < -0.3 is 9.64 Å². The fourth-order valence-electron chi connectivity index (χ4n) is 4.07. The normalized spacial score (nSPS) is 16.2. The van der Waals surface area contributed by atoms with Crippen molar-refractivity contribution < 1.29 is 9.53 Å². The number of amides is 1. The molecule has 0 bridgehead atoms. The zero-order valence-corrected chi connectivity index (χ0v) is 19.0. The van der Waals surface area contributed by atoms with Gasteiger partial charge >= 0.3 is 0 Å². The molecule has 0 spiro atoms. The van der Waals surface area contributed by atoms with Gasteiger partial charge in [-0.15, -0.1) is 5.10 Å². The summed E-state index contributed by atoms with van der Waals surface area (Å²) in [5.41, 5.74) is 4.69. The molecule has 31 heavy (non-hydrogen) atoms. The van der Waals surface area contributed by atoms with Gasteiger partial charge in [0.05, 0.1) is 30.1 Å². The SMILES string of the molecule is C=C/C1=C(\C=C)N(C(=O)CCC)Cc2ccccc2-c2c1nnn2CC(C)(C)OCC. The quantitative estimate of drug-likeness (QED) is 0.604. The van der Waals surface area contributed by atoms with Crippen LogP contribution in [0.3, 0.4) is 0 Å². The van der Waals surface area contributed by atoms with E-state index in [2.05, 4.69) is 35.6 Å². The van der Waals surface area contributed by atoms with Crippen LogP contribution in [0.4, 0.5) is 0 Å². The highest BCUT2D eigenvalue weighted by atomic mass is 16.5. The molecule has 1 aliphatic heterocycles. The number of nitrogens with zero attached hydrogens (tertiary/aromatic N) is 4. The number of carbonyl (C=O) groups is 1. The van der Waals surface area contributed by atoms with E-state index in [9.17, 15) is 4.79 Å². The summed E-state index contributed by atoms with van der Waals surface area (Å²) in [5, 5.41) is 9.02. The summed E-state index contributed by atoms with van der Waals surface area (Å²) in [4.78, 5) is 14.8. The summed E-state index contributed by atoms with van der Waals surface area (Å²) in [7, 11) is 0. The lowest BCUT2D eigenvalue weighted by molar-refractivity contribution is -0.129. The Morgan fingerprint density at radius 2 is 1.97 bits per heavy atom. The van der Waals surface area contributed by atoms with Crippen LogP contribution in [-0.2, 0) is 22.6 Å². The molecule has 0 saturated heterocycles. The number of allylic oxidation sites excluding steroid dienone is 3. The van der Waals surface area contributed by atoms with Crippen molar-refractivity contribution in [1.29, 1.82) is 0 Å². The van der Waals surface area contributed by atoms with Gasteiger partial charge in [0.1, 0.15) is 5.69 Å². The highest BCUT2D eigenvalue weighted by Gasteiger charge is 2.30. The Morgan fingerprint density at radius 3 is 2.61 bits per heavy atom. The lowest BCUT2D eigenvalue weighted by Gasteiger charge is -2.30. The Balaban J connectivity index is 2.28. The summed E-state index contributed by atoms with van der Waals surface area (Å²) in [6.45, 7) is 17.7. The first-order valence-corrected chi connectivity index (χ1v) is 10.8. The molecular weight excluding hydrogens is 388 g/mol. The van der Waals surface area contributed by atoms with Gasteiger partial charge in [-0.05, 0) is 38.8 Å². The van der Waals surface area contributed by atoms with Gasteiger partial charge in [0.2, 0.25) is 5.91 Å². The second-order valence-corrected chi connectivity index (χ2v) is 8.23. The lowest BCUT2D eigenvalue weighted by atomic mass is 9.95. The minimum atomic E-state index is -0.407. The zero-order valence-electron chi connectivity index (χ0n) is 19.0. The standard InChI is InChI=1S/C25H32N4O2/c1-7-13-22(30)28-16-18-14-11-12-15-20(18)24-23(19(8-2)21(28)9-3)26-27-29(24)17-25(5,6)31-10-4/h8-9,11-12,14-15H,2-3,7,10,13,16-17H2,1,4-6H3/b21-19-. The van der Waals surface area contributed by atoms with Gasteiger partial charge in [-0.25, -0.2) is 4.68 Å². The smallest absolute Gasteiger partial charge is 0.227 e. The Labute approximate surface area is 184 Å². The number of rotatable bonds is 8. The molecule has 3 rings (SSSR count). The lowest BCUT2D eigenvalue weighted by Crippen LogP contribution is -2.32. The van der Waals surface area contributed by atoms with Gasteiger partial charge in [-0.3, -0.25) is 4.79 Å². The molecule has 1 aromatic heterocycles. The van der Waals surface area contributed by atoms with Gasteiger partial charge in [0, 0.05) is 24.2 Å². The summed E-state index contributed by atoms with van der Waals surface area (Å²) in [5.74, 6) is 0.0554. The van der Waals surface area contributed by atoms with E-state index in [1.165, 1.54) is 0 Å². The molecule has 0 radical (unpaired) electrons. The van der Waals surface area contributed by atoms with Crippen molar-refractivity contribution in [2.75, 3.05) is 6.61 Å². The van der Waals surface area contributed by atoms with Crippen molar-refractivity contribution in [2.45, 2.75) is 59.2 Å². The largest absolute Gasteiger partial charge is 0.374 e. The minimum Gasteiger partial charge on any atom is -0.374 e. The molecule has 1 amide bonds. The van der Waals surface area contributed by atoms with E-state index >= 15 is 0 Å². The van der Waals surface area contributed by atoms with Crippen LogP contribution in [0, 0.1) is 0 Å². The topological polar surface area (TPSA) is 60.2 Å². The van der Waals surface area contributed by atoms with E-state index in [1.54, 1.807) is 17.1 Å². The van der Waals surface area contributed by atoms with Crippen LogP contribution >= 0.6 is 0 Å². The van der Waals surface area contributed by atoms with Crippen LogP contribution in [-0.4, -0.2) is 38.0 Å². The molecule has 0 atom stereocenters. The maximum Gasteiger partial charge on any atom is 0.227 e. The average molecular weight is 421 g/mol. The highest BCUT2D eigenvalue weighted by Crippen LogP contribution is 2.37. The number of aromatic nitrogens is 3. The van der Waals surface area contributed by atoms with E-state index < -0.39 is 5.60 Å². The number of hydrogen-bond acceptors (Lipinski definition) is 4. The van der Waals surface area contributed by atoms with E-state index in [1.807, 2.05) is 44.5 Å². The summed E-state index contributed by atoms with van der Waals surface area (Å²) >= 11 is 0. The third-order valence-electron chi connectivity index (χ3n) is 5.39. The van der Waals surface area contributed by atoms with Gasteiger partial charge in [0.25, 0.3) is 0 Å². The second kappa shape index (κ2) is 9.43. The number of benzene rings is 1. The fraction of sp³-hybridized carbons (Fsp3) is 0.400. The highest BCUT2D eigenvalue weighted by molar-refractivity contribution is 5.90. The maximum absolute atomic E-state index is 13.0. The van der Waals surface area contributed by atoms with Crippen molar-refractivity contribution in [3.8, 4) is 11.3 Å². The summed E-state index contributed by atoms with van der Waals surface area (Å²) in [6, 6.07) is 8.10. The first kappa shape index (κ1) is 22.7. The minimum absolute atomic E-state index is 0.0554. The van der Waals surface area contributed by atoms with E-state index in [-0.39, 0.29) is 5.91 Å².